The Bertz CT molecular complexity index is 1080. The number of halogens is 1. The lowest BCUT2D eigenvalue weighted by Crippen LogP contribution is -2.42. The lowest BCUT2D eigenvalue weighted by atomic mass is 10.1. The Kier molecular flexibility index (Phi) is 6.52. The number of aliphatic hydroxyl groups excluding tert-OH is 4. The maximum Gasteiger partial charge on any atom is 0.349 e. The number of H-pyrrole nitrogens is 1. The van der Waals surface area contributed by atoms with Gasteiger partial charge in [-0.05, 0) is 37.1 Å². The zero-order valence-electron chi connectivity index (χ0n) is 15.2. The summed E-state index contributed by atoms with van der Waals surface area (Å²) in [6.07, 6.45) is -4.68. The lowest BCUT2D eigenvalue weighted by molar-refractivity contribution is -0.0802. The van der Waals surface area contributed by atoms with E-state index in [2.05, 4.69) is 15.0 Å². The fraction of sp³-hybridized carbons (Fsp3) is 0.412. The molecule has 0 aliphatic carbocycles. The van der Waals surface area contributed by atoms with E-state index < -0.39 is 36.2 Å². The molecule has 3 rings (SSSR count). The molecule has 28 heavy (non-hydrogen) atoms. The SMILES string of the molecule is Cc1cc2nc3c(=O)[nH]c(=O)nc-3n(C[C@@H](O)[C@@H](O)[C@@H](O)CO)c2cc1C.Cl. The van der Waals surface area contributed by atoms with Gasteiger partial charge in [0.05, 0.1) is 24.2 Å². The van der Waals surface area contributed by atoms with Gasteiger partial charge in [0.15, 0.2) is 11.5 Å². The second-order valence-corrected chi connectivity index (χ2v) is 6.50. The topological polar surface area (TPSA) is 162 Å². The molecule has 2 aliphatic heterocycles. The summed E-state index contributed by atoms with van der Waals surface area (Å²) >= 11 is 0. The molecule has 0 saturated heterocycles. The van der Waals surface area contributed by atoms with Crippen LogP contribution in [0.1, 0.15) is 11.1 Å². The zero-order valence-corrected chi connectivity index (χ0v) is 16.0. The van der Waals surface area contributed by atoms with E-state index in [1.807, 2.05) is 13.8 Å². The zero-order chi connectivity index (χ0) is 19.9. The fourth-order valence-corrected chi connectivity index (χ4v) is 2.89. The number of aromatic amines is 1. The van der Waals surface area contributed by atoms with E-state index in [4.69, 9.17) is 5.11 Å². The van der Waals surface area contributed by atoms with Crippen LogP contribution in [0.4, 0.5) is 0 Å². The summed E-state index contributed by atoms with van der Waals surface area (Å²) in [4.78, 5) is 34.0. The molecule has 10 nitrogen and oxygen atoms in total. The molecule has 0 unspecified atom stereocenters. The van der Waals surface area contributed by atoms with Gasteiger partial charge in [0, 0.05) is 0 Å². The van der Waals surface area contributed by atoms with E-state index >= 15 is 0 Å². The van der Waals surface area contributed by atoms with Gasteiger partial charge in [0.25, 0.3) is 5.56 Å². The highest BCUT2D eigenvalue weighted by Crippen LogP contribution is 2.24. The van der Waals surface area contributed by atoms with Gasteiger partial charge in [0.1, 0.15) is 18.3 Å². The van der Waals surface area contributed by atoms with Crippen molar-refractivity contribution in [1.82, 2.24) is 19.5 Å². The second kappa shape index (κ2) is 8.33. The van der Waals surface area contributed by atoms with Crippen LogP contribution in [-0.2, 0) is 6.54 Å². The smallest absolute Gasteiger partial charge is 0.349 e. The summed E-state index contributed by atoms with van der Waals surface area (Å²) in [6.45, 7) is 2.73. The molecule has 0 amide bonds. The number of aromatic nitrogens is 4. The van der Waals surface area contributed by atoms with Crippen LogP contribution in [0.3, 0.4) is 0 Å². The van der Waals surface area contributed by atoms with Crippen molar-refractivity contribution >= 4 is 23.4 Å². The van der Waals surface area contributed by atoms with Crippen molar-refractivity contribution in [2.24, 2.45) is 0 Å². The molecule has 2 aliphatic rings. The van der Waals surface area contributed by atoms with Crippen LogP contribution in [0.2, 0.25) is 0 Å². The first kappa shape index (κ1) is 21.9. The van der Waals surface area contributed by atoms with Crippen molar-refractivity contribution in [2.45, 2.75) is 38.7 Å². The van der Waals surface area contributed by atoms with E-state index in [1.165, 1.54) is 4.57 Å². The molecule has 3 atom stereocenters. The maximum absolute atomic E-state index is 12.2. The number of hydrogen-bond donors (Lipinski definition) is 5. The number of rotatable bonds is 5. The minimum Gasteiger partial charge on any atom is -0.394 e. The van der Waals surface area contributed by atoms with E-state index in [0.717, 1.165) is 11.1 Å². The van der Waals surface area contributed by atoms with Gasteiger partial charge < -0.3 is 25.0 Å². The van der Waals surface area contributed by atoms with Crippen molar-refractivity contribution < 1.29 is 20.4 Å². The molecule has 0 spiro atoms. The van der Waals surface area contributed by atoms with Gasteiger partial charge in [-0.15, -0.1) is 12.4 Å². The third-order valence-corrected chi connectivity index (χ3v) is 4.57. The number of aryl methyl sites for hydroxylation is 2. The molecule has 0 saturated carbocycles. The highest BCUT2D eigenvalue weighted by Gasteiger charge is 2.27. The third-order valence-electron chi connectivity index (χ3n) is 4.57. The number of hydrogen-bond acceptors (Lipinski definition) is 8. The van der Waals surface area contributed by atoms with Crippen molar-refractivity contribution in [3.63, 3.8) is 0 Å². The molecule has 11 heteroatoms. The summed E-state index contributed by atoms with van der Waals surface area (Å²) in [5.74, 6) is -0.0516. The van der Waals surface area contributed by atoms with Crippen LogP contribution >= 0.6 is 12.4 Å². The second-order valence-electron chi connectivity index (χ2n) is 6.50. The quantitative estimate of drug-likeness (QED) is 0.323. The van der Waals surface area contributed by atoms with Gasteiger partial charge in [0.2, 0.25) is 0 Å². The molecule has 0 radical (unpaired) electrons. The lowest BCUT2D eigenvalue weighted by Gasteiger charge is -2.25. The van der Waals surface area contributed by atoms with Crippen LogP contribution in [0.5, 0.6) is 0 Å². The van der Waals surface area contributed by atoms with Gasteiger partial charge >= 0.3 is 5.69 Å². The molecule has 0 fully saturated rings. The fourth-order valence-electron chi connectivity index (χ4n) is 2.89. The molecule has 5 N–H and O–H groups in total. The Labute approximate surface area is 164 Å². The summed E-state index contributed by atoms with van der Waals surface area (Å²) in [5.41, 5.74) is 1.11. The Morgan fingerprint density at radius 2 is 1.71 bits per heavy atom. The van der Waals surface area contributed by atoms with Crippen LogP contribution in [0, 0.1) is 13.8 Å². The van der Waals surface area contributed by atoms with Gasteiger partial charge in [-0.25, -0.2) is 9.78 Å². The molecule has 1 aromatic rings. The van der Waals surface area contributed by atoms with Crippen LogP contribution in [-0.4, -0.2) is 64.9 Å². The molecule has 0 bridgehead atoms. The summed E-state index contributed by atoms with van der Waals surface area (Å²) in [5, 5.41) is 38.8. The standard InChI is InChI=1S/C17H20N4O6.ClH/c1-7-3-9-10(4-8(7)2)21(5-11(23)14(25)12(24)6-22)15-13(18-9)16(26)20-17(27)19-15;/h3-4,11-12,14,22-25H,5-6H2,1-2H3,(H,20,26,27);1H/t11-,12+,14-;/m1./s1. The highest BCUT2D eigenvalue weighted by molar-refractivity contribution is 5.85. The van der Waals surface area contributed by atoms with Crippen molar-refractivity contribution in [3.05, 3.63) is 44.1 Å². The normalized spacial score (nSPS) is 14.6. The maximum atomic E-state index is 12.2. The van der Waals surface area contributed by atoms with E-state index in [0.29, 0.717) is 11.0 Å². The highest BCUT2D eigenvalue weighted by atomic mass is 35.5. The number of benzene rings is 1. The van der Waals surface area contributed by atoms with Crippen molar-refractivity contribution in [1.29, 1.82) is 0 Å². The predicted molar refractivity (Wildman–Crippen MR) is 103 cm³/mol. The van der Waals surface area contributed by atoms with E-state index in [-0.39, 0.29) is 30.5 Å². The number of nitrogens with zero attached hydrogens (tertiary/aromatic N) is 3. The molecule has 152 valence electrons. The Morgan fingerprint density at radius 1 is 1.07 bits per heavy atom. The van der Waals surface area contributed by atoms with Gasteiger partial charge in [-0.2, -0.15) is 4.98 Å². The minimum absolute atomic E-state index is 0. The number of aliphatic hydroxyl groups is 4. The van der Waals surface area contributed by atoms with Crippen LogP contribution in [0.15, 0.2) is 21.7 Å². The van der Waals surface area contributed by atoms with Gasteiger partial charge in [-0.3, -0.25) is 9.78 Å². The minimum atomic E-state index is -1.64. The van der Waals surface area contributed by atoms with E-state index in [1.54, 1.807) is 12.1 Å². The Morgan fingerprint density at radius 3 is 2.36 bits per heavy atom. The summed E-state index contributed by atoms with van der Waals surface area (Å²) in [6, 6.07) is 3.53. The first-order valence-electron chi connectivity index (χ1n) is 8.29. The average molecular weight is 413 g/mol. The average Bonchev–Trinajstić information content (AvgIpc) is 2.62. The third kappa shape index (κ3) is 3.91. The molecular weight excluding hydrogens is 392 g/mol. The van der Waals surface area contributed by atoms with Crippen LogP contribution < -0.4 is 11.2 Å². The van der Waals surface area contributed by atoms with Crippen molar-refractivity contribution in [2.75, 3.05) is 6.61 Å². The molecule has 0 aromatic heterocycles. The van der Waals surface area contributed by atoms with E-state index in [9.17, 15) is 24.9 Å². The first-order chi connectivity index (χ1) is 12.7. The molecule has 1 aromatic carbocycles. The predicted octanol–water partition coefficient (Wildman–Crippen LogP) is -1.30. The van der Waals surface area contributed by atoms with Crippen molar-refractivity contribution in [3.8, 4) is 11.5 Å². The first-order valence-corrected chi connectivity index (χ1v) is 8.29. The number of nitrogens with one attached hydrogen (secondary N) is 1. The molecular formula is C17H21ClN4O6. The Hall–Kier alpha value is -2.37. The largest absolute Gasteiger partial charge is 0.394 e. The summed E-state index contributed by atoms with van der Waals surface area (Å²) < 4.78 is 1.40. The summed E-state index contributed by atoms with van der Waals surface area (Å²) in [7, 11) is 0. The monoisotopic (exact) mass is 412 g/mol. The molecule has 2 heterocycles. The van der Waals surface area contributed by atoms with Crippen LogP contribution in [0.25, 0.3) is 22.6 Å². The van der Waals surface area contributed by atoms with Gasteiger partial charge in [-0.1, -0.05) is 0 Å². The number of fused-ring (bicyclic) bond motifs is 2. The Balaban J connectivity index is 0.00000280.